The van der Waals surface area contributed by atoms with Gasteiger partial charge in [0, 0.05) is 0 Å². The normalized spacial score (nSPS) is 11.8. The van der Waals surface area contributed by atoms with Gasteiger partial charge in [0.1, 0.15) is 16.7 Å². The van der Waals surface area contributed by atoms with Crippen LogP contribution in [0.15, 0.2) is 15.7 Å². The second kappa shape index (κ2) is 4.61. The van der Waals surface area contributed by atoms with E-state index in [1.165, 1.54) is 6.07 Å². The van der Waals surface area contributed by atoms with Crippen LogP contribution >= 0.6 is 24.2 Å². The Morgan fingerprint density at radius 3 is 2.74 bits per heavy atom. The second-order valence-corrected chi connectivity index (χ2v) is 5.79. The number of nitrogens with two attached hydrogens (primary N) is 1. The largest absolute Gasteiger partial charge is 0.456 e. The number of anilines is 1. The van der Waals surface area contributed by atoms with E-state index in [1.54, 1.807) is 20.8 Å². The van der Waals surface area contributed by atoms with Gasteiger partial charge in [-0.1, -0.05) is 24.2 Å². The van der Waals surface area contributed by atoms with E-state index in [0.29, 0.717) is 5.52 Å². The zero-order chi connectivity index (χ0) is 14.4. The van der Waals surface area contributed by atoms with Crippen molar-refractivity contribution in [3.05, 3.63) is 16.7 Å². The summed E-state index contributed by atoms with van der Waals surface area (Å²) in [4.78, 5) is 16.1. The molecule has 19 heavy (non-hydrogen) atoms. The van der Waals surface area contributed by atoms with Gasteiger partial charge in [0.15, 0.2) is 5.58 Å². The molecule has 0 aliphatic heterocycles. The van der Waals surface area contributed by atoms with E-state index in [9.17, 15) is 4.79 Å². The number of carbonyl (C=O) groups is 1. The summed E-state index contributed by atoms with van der Waals surface area (Å²) in [6, 6.07) is 1.41. The van der Waals surface area contributed by atoms with Crippen molar-refractivity contribution in [2.45, 2.75) is 31.6 Å². The zero-order valence-electron chi connectivity index (χ0n) is 10.7. The molecule has 0 saturated carbocycles. The molecule has 7 heteroatoms. The van der Waals surface area contributed by atoms with Crippen molar-refractivity contribution in [2.75, 3.05) is 5.73 Å². The predicted molar refractivity (Wildman–Crippen MR) is 75.9 cm³/mol. The van der Waals surface area contributed by atoms with Crippen molar-refractivity contribution >= 4 is 47.0 Å². The maximum atomic E-state index is 12.1. The molecule has 102 valence electrons. The van der Waals surface area contributed by atoms with Crippen molar-refractivity contribution < 1.29 is 13.9 Å². The monoisotopic (exact) mass is 300 g/mol. The lowest BCUT2D eigenvalue weighted by Gasteiger charge is -2.19. The van der Waals surface area contributed by atoms with Crippen molar-refractivity contribution in [2.24, 2.45) is 0 Å². The highest BCUT2D eigenvalue weighted by Gasteiger charge is 2.24. The smallest absolute Gasteiger partial charge is 0.342 e. The molecule has 0 fully saturated rings. The first-order chi connectivity index (χ1) is 8.69. The average Bonchev–Trinajstić information content (AvgIpc) is 2.63. The summed E-state index contributed by atoms with van der Waals surface area (Å²) in [5, 5.41) is 0.323. The Labute approximate surface area is 120 Å². The number of hydrogen-bond donors (Lipinski definition) is 2. The number of carbonyl (C=O) groups excluding carboxylic acids is 1. The number of rotatable bonds is 1. The highest BCUT2D eigenvalue weighted by molar-refractivity contribution is 7.80. The van der Waals surface area contributed by atoms with Gasteiger partial charge in [0.2, 0.25) is 0 Å². The summed E-state index contributed by atoms with van der Waals surface area (Å²) >= 11 is 9.98. The number of fused-ring (bicyclic) bond motifs is 1. The molecular formula is C12H13ClN2O3S. The molecule has 0 aliphatic carbocycles. The highest BCUT2D eigenvalue weighted by atomic mass is 35.5. The average molecular weight is 301 g/mol. The highest BCUT2D eigenvalue weighted by Crippen LogP contribution is 2.33. The molecule has 2 N–H and O–H groups in total. The minimum absolute atomic E-state index is 0.105. The minimum atomic E-state index is -0.624. The Hall–Kier alpha value is -1.40. The van der Waals surface area contributed by atoms with Gasteiger partial charge in [0.05, 0.1) is 10.7 Å². The molecule has 1 aromatic carbocycles. The summed E-state index contributed by atoms with van der Waals surface area (Å²) in [6.45, 7) is 5.31. The molecule has 0 unspecified atom stereocenters. The maximum Gasteiger partial charge on any atom is 0.342 e. The summed E-state index contributed by atoms with van der Waals surface area (Å²) in [5.41, 5.74) is 6.11. The summed E-state index contributed by atoms with van der Waals surface area (Å²) in [7, 11) is 0. The zero-order valence-corrected chi connectivity index (χ0v) is 12.3. The number of nitrogens with zero attached hydrogens (tertiary/aromatic N) is 1. The van der Waals surface area contributed by atoms with Crippen LogP contribution in [0.1, 0.15) is 31.1 Å². The molecule has 5 nitrogen and oxygen atoms in total. The van der Waals surface area contributed by atoms with Crippen LogP contribution in [0.3, 0.4) is 0 Å². The van der Waals surface area contributed by atoms with Crippen LogP contribution in [-0.2, 0) is 4.74 Å². The lowest BCUT2D eigenvalue weighted by molar-refractivity contribution is 0.00706. The van der Waals surface area contributed by atoms with E-state index >= 15 is 0 Å². The van der Waals surface area contributed by atoms with E-state index in [2.05, 4.69) is 17.6 Å². The molecule has 1 aromatic heterocycles. The Morgan fingerprint density at radius 2 is 2.16 bits per heavy atom. The quantitative estimate of drug-likeness (QED) is 0.480. The van der Waals surface area contributed by atoms with Gasteiger partial charge < -0.3 is 14.9 Å². The Kier molecular flexibility index (Phi) is 3.40. The van der Waals surface area contributed by atoms with Crippen molar-refractivity contribution in [1.82, 2.24) is 4.98 Å². The van der Waals surface area contributed by atoms with Gasteiger partial charge in [-0.25, -0.2) is 9.78 Å². The topological polar surface area (TPSA) is 78.4 Å². The maximum absolute atomic E-state index is 12.1. The van der Waals surface area contributed by atoms with E-state index in [1.807, 2.05) is 0 Å². The van der Waals surface area contributed by atoms with Crippen LogP contribution in [-0.4, -0.2) is 16.6 Å². The van der Waals surface area contributed by atoms with Crippen molar-refractivity contribution in [1.29, 1.82) is 0 Å². The van der Waals surface area contributed by atoms with Gasteiger partial charge in [0.25, 0.3) is 5.22 Å². The van der Waals surface area contributed by atoms with Crippen LogP contribution < -0.4 is 5.73 Å². The molecule has 0 radical (unpaired) electrons. The molecule has 0 bridgehead atoms. The molecular weight excluding hydrogens is 288 g/mol. The number of aromatic nitrogens is 1. The third kappa shape index (κ3) is 2.79. The van der Waals surface area contributed by atoms with Gasteiger partial charge in [-0.05, 0) is 26.8 Å². The molecule has 0 saturated heterocycles. The van der Waals surface area contributed by atoms with Crippen LogP contribution in [0.5, 0.6) is 0 Å². The molecule has 0 atom stereocenters. The number of oxazole rings is 1. The van der Waals surface area contributed by atoms with Gasteiger partial charge in [-0.15, -0.1) is 0 Å². The number of ether oxygens (including phenoxy) is 1. The second-order valence-electron chi connectivity index (χ2n) is 5.00. The van der Waals surface area contributed by atoms with E-state index in [4.69, 9.17) is 26.5 Å². The number of nitrogen functional groups attached to an aromatic ring is 1. The summed E-state index contributed by atoms with van der Waals surface area (Å²) in [5.74, 6) is -0.552. The fourth-order valence-corrected chi connectivity index (χ4v) is 1.93. The van der Waals surface area contributed by atoms with Crippen molar-refractivity contribution in [3.63, 3.8) is 0 Å². The lowest BCUT2D eigenvalue weighted by atomic mass is 10.1. The van der Waals surface area contributed by atoms with E-state index in [0.717, 1.165) is 0 Å². The van der Waals surface area contributed by atoms with Gasteiger partial charge in [-0.2, -0.15) is 0 Å². The minimum Gasteiger partial charge on any atom is -0.456 e. The first kappa shape index (κ1) is 14.0. The van der Waals surface area contributed by atoms with Gasteiger partial charge in [-0.3, -0.25) is 0 Å². The van der Waals surface area contributed by atoms with Crippen LogP contribution in [0.2, 0.25) is 5.02 Å². The van der Waals surface area contributed by atoms with Crippen molar-refractivity contribution in [3.8, 4) is 0 Å². The predicted octanol–water partition coefficient (Wildman–Crippen LogP) is 3.31. The number of benzene rings is 1. The van der Waals surface area contributed by atoms with Gasteiger partial charge >= 0.3 is 5.97 Å². The molecule has 0 amide bonds. The lowest BCUT2D eigenvalue weighted by Crippen LogP contribution is -2.24. The molecule has 2 aromatic rings. The summed E-state index contributed by atoms with van der Waals surface area (Å²) < 4.78 is 10.6. The van der Waals surface area contributed by atoms with Crippen LogP contribution in [0, 0.1) is 0 Å². The fourth-order valence-electron chi connectivity index (χ4n) is 1.54. The van der Waals surface area contributed by atoms with E-state index < -0.39 is 11.6 Å². The fraction of sp³-hybridized carbons (Fsp3) is 0.333. The molecule has 1 heterocycles. The standard InChI is InChI=1S/C12H13ClN2O3S/c1-12(2,3)18-10(16)5-4-6(13)7(14)8-9(5)17-11(19)15-8/h4H,14H2,1-3H3,(H,15,19). The number of esters is 1. The summed E-state index contributed by atoms with van der Waals surface area (Å²) in [6.07, 6.45) is 0. The Balaban J connectivity index is 2.60. The Bertz CT molecular complexity index is 661. The van der Waals surface area contributed by atoms with E-state index in [-0.39, 0.29) is 27.1 Å². The third-order valence-corrected chi connectivity index (χ3v) is 2.77. The molecule has 2 rings (SSSR count). The SMILES string of the molecule is CC(C)(C)OC(=O)c1cc(Cl)c(N)c2nc(S)oc12. The molecule has 0 aliphatic rings. The Morgan fingerprint density at radius 1 is 1.53 bits per heavy atom. The number of hydrogen-bond acceptors (Lipinski definition) is 6. The van der Waals surface area contributed by atoms with Crippen LogP contribution in [0.25, 0.3) is 11.1 Å². The number of thiol groups is 1. The first-order valence-corrected chi connectivity index (χ1v) is 6.32. The van der Waals surface area contributed by atoms with Crippen LogP contribution in [0.4, 0.5) is 5.69 Å². The molecule has 0 spiro atoms. The first-order valence-electron chi connectivity index (χ1n) is 5.50. The third-order valence-electron chi connectivity index (χ3n) is 2.26. The number of halogens is 1.